The smallest absolute Gasteiger partial charge is 0.249 e. The Hall–Kier alpha value is -0.870. The van der Waals surface area contributed by atoms with Gasteiger partial charge in [0.05, 0.1) is 12.7 Å². The number of likely N-dealkylation sites (tertiary alicyclic amines) is 1. The molecule has 0 N–H and O–H groups in total. The van der Waals surface area contributed by atoms with Gasteiger partial charge in [-0.3, -0.25) is 4.79 Å². The van der Waals surface area contributed by atoms with Crippen LogP contribution >= 0.6 is 0 Å². The Morgan fingerprint density at radius 1 is 1.55 bits per heavy atom. The molecule has 2 aliphatic heterocycles. The van der Waals surface area contributed by atoms with Crippen molar-refractivity contribution in [1.82, 2.24) is 4.90 Å². The van der Waals surface area contributed by atoms with Crippen molar-refractivity contribution in [2.24, 2.45) is 5.41 Å². The van der Waals surface area contributed by atoms with Crippen molar-refractivity contribution < 1.29 is 14.3 Å². The Morgan fingerprint density at radius 3 is 3.20 bits per heavy atom. The van der Waals surface area contributed by atoms with Crippen molar-refractivity contribution in [3.8, 4) is 0 Å². The summed E-state index contributed by atoms with van der Waals surface area (Å²) in [5.41, 5.74) is 1.04. The zero-order chi connectivity index (χ0) is 14.0. The van der Waals surface area contributed by atoms with Gasteiger partial charge in [-0.25, -0.2) is 0 Å². The fourth-order valence-electron chi connectivity index (χ4n) is 4.03. The average Bonchev–Trinajstić information content (AvgIpc) is 3.00. The molecule has 3 rings (SSSR count). The number of nitrogens with zero attached hydrogens (tertiary/aromatic N) is 1. The molecule has 2 saturated heterocycles. The van der Waals surface area contributed by atoms with E-state index in [4.69, 9.17) is 9.47 Å². The number of carbonyl (C=O) groups is 1. The summed E-state index contributed by atoms with van der Waals surface area (Å²) in [5, 5.41) is 0. The van der Waals surface area contributed by atoms with Crippen molar-refractivity contribution >= 4 is 5.91 Å². The maximum absolute atomic E-state index is 12.6. The molecule has 0 bridgehead atoms. The summed E-state index contributed by atoms with van der Waals surface area (Å²) in [6.07, 6.45) is 8.65. The molecule has 0 aromatic heterocycles. The van der Waals surface area contributed by atoms with E-state index in [1.807, 2.05) is 4.90 Å². The van der Waals surface area contributed by atoms with Gasteiger partial charge < -0.3 is 14.4 Å². The van der Waals surface area contributed by atoms with Crippen LogP contribution in [0.4, 0.5) is 0 Å². The number of hydrogen-bond acceptors (Lipinski definition) is 3. The van der Waals surface area contributed by atoms with Crippen molar-refractivity contribution in [3.05, 3.63) is 11.6 Å². The fourth-order valence-corrected chi connectivity index (χ4v) is 4.03. The molecule has 112 valence electrons. The molecule has 1 aliphatic carbocycles. The van der Waals surface area contributed by atoms with Gasteiger partial charge in [-0.2, -0.15) is 0 Å². The van der Waals surface area contributed by atoms with Gasteiger partial charge >= 0.3 is 0 Å². The van der Waals surface area contributed by atoms with Crippen LogP contribution in [0.5, 0.6) is 0 Å². The number of carbonyl (C=O) groups excluding carboxylic acids is 1. The number of hydrogen-bond donors (Lipinski definition) is 0. The van der Waals surface area contributed by atoms with Crippen molar-refractivity contribution in [2.45, 2.75) is 44.6 Å². The molecule has 2 atom stereocenters. The molecule has 2 heterocycles. The lowest BCUT2D eigenvalue weighted by molar-refractivity contribution is -0.159. The SMILES string of the molecule is COCC12CCCOC1CCN(C(=O)C1=CCCC1)C2. The summed E-state index contributed by atoms with van der Waals surface area (Å²) < 4.78 is 11.4. The molecule has 2 unspecified atom stereocenters. The van der Waals surface area contributed by atoms with E-state index in [1.165, 1.54) is 0 Å². The molecular formula is C16H25NO3. The Balaban J connectivity index is 1.74. The number of allylic oxidation sites excluding steroid dienone is 1. The Kier molecular flexibility index (Phi) is 4.13. The highest BCUT2D eigenvalue weighted by Crippen LogP contribution is 2.41. The van der Waals surface area contributed by atoms with Gasteiger partial charge in [0.2, 0.25) is 5.91 Å². The monoisotopic (exact) mass is 279 g/mol. The van der Waals surface area contributed by atoms with Gasteiger partial charge in [-0.1, -0.05) is 6.08 Å². The first-order chi connectivity index (χ1) is 9.75. The maximum Gasteiger partial charge on any atom is 0.249 e. The van der Waals surface area contributed by atoms with Gasteiger partial charge in [-0.05, 0) is 38.5 Å². The van der Waals surface area contributed by atoms with Crippen LogP contribution in [-0.4, -0.2) is 50.3 Å². The maximum atomic E-state index is 12.6. The van der Waals surface area contributed by atoms with Crippen LogP contribution in [0.2, 0.25) is 0 Å². The Labute approximate surface area is 121 Å². The largest absolute Gasteiger partial charge is 0.384 e. The molecule has 3 aliphatic rings. The number of amides is 1. The second-order valence-electron chi connectivity index (χ2n) is 6.40. The number of ether oxygens (including phenoxy) is 2. The first-order valence-electron chi connectivity index (χ1n) is 7.84. The molecule has 0 aromatic carbocycles. The quantitative estimate of drug-likeness (QED) is 0.794. The van der Waals surface area contributed by atoms with Gasteiger partial charge in [0.25, 0.3) is 0 Å². The minimum Gasteiger partial charge on any atom is -0.384 e. The highest BCUT2D eigenvalue weighted by Gasteiger charge is 2.47. The number of piperidine rings is 1. The predicted octanol–water partition coefficient (Wildman–Crippen LogP) is 2.14. The summed E-state index contributed by atoms with van der Waals surface area (Å²) in [7, 11) is 1.75. The molecule has 20 heavy (non-hydrogen) atoms. The summed E-state index contributed by atoms with van der Waals surface area (Å²) in [4.78, 5) is 14.6. The van der Waals surface area contributed by atoms with Gasteiger partial charge in [0.1, 0.15) is 0 Å². The Bertz CT molecular complexity index is 403. The van der Waals surface area contributed by atoms with E-state index in [9.17, 15) is 4.79 Å². The molecule has 1 amide bonds. The average molecular weight is 279 g/mol. The van der Waals surface area contributed by atoms with E-state index >= 15 is 0 Å². The first-order valence-corrected chi connectivity index (χ1v) is 7.84. The zero-order valence-corrected chi connectivity index (χ0v) is 12.4. The van der Waals surface area contributed by atoms with Crippen LogP contribution in [0.1, 0.15) is 38.5 Å². The predicted molar refractivity (Wildman–Crippen MR) is 76.4 cm³/mol. The molecule has 2 fully saturated rings. The number of rotatable bonds is 3. The topological polar surface area (TPSA) is 38.8 Å². The van der Waals surface area contributed by atoms with E-state index < -0.39 is 0 Å². The van der Waals surface area contributed by atoms with Crippen LogP contribution in [0.15, 0.2) is 11.6 Å². The third-order valence-electron chi connectivity index (χ3n) is 5.02. The lowest BCUT2D eigenvalue weighted by Crippen LogP contribution is -2.58. The normalized spacial score (nSPS) is 33.8. The van der Waals surface area contributed by atoms with Crippen molar-refractivity contribution in [2.75, 3.05) is 33.4 Å². The van der Waals surface area contributed by atoms with Gasteiger partial charge in [-0.15, -0.1) is 0 Å². The third kappa shape index (κ3) is 2.51. The highest BCUT2D eigenvalue weighted by atomic mass is 16.5. The van der Waals surface area contributed by atoms with Crippen molar-refractivity contribution in [1.29, 1.82) is 0 Å². The fraction of sp³-hybridized carbons (Fsp3) is 0.812. The summed E-state index contributed by atoms with van der Waals surface area (Å²) in [6.45, 7) is 3.17. The van der Waals surface area contributed by atoms with E-state index in [2.05, 4.69) is 6.08 Å². The Morgan fingerprint density at radius 2 is 2.45 bits per heavy atom. The van der Waals surface area contributed by atoms with E-state index in [-0.39, 0.29) is 17.4 Å². The molecule has 0 saturated carbocycles. The van der Waals surface area contributed by atoms with E-state index in [1.54, 1.807) is 7.11 Å². The van der Waals surface area contributed by atoms with Crippen LogP contribution in [0, 0.1) is 5.41 Å². The minimum absolute atomic E-state index is 0.0140. The third-order valence-corrected chi connectivity index (χ3v) is 5.02. The van der Waals surface area contributed by atoms with Crippen LogP contribution in [-0.2, 0) is 14.3 Å². The summed E-state index contributed by atoms with van der Waals surface area (Å²) in [5.74, 6) is 0.252. The lowest BCUT2D eigenvalue weighted by Gasteiger charge is -2.50. The highest BCUT2D eigenvalue weighted by molar-refractivity contribution is 5.93. The van der Waals surface area contributed by atoms with Crippen molar-refractivity contribution in [3.63, 3.8) is 0 Å². The minimum atomic E-state index is 0.0140. The van der Waals surface area contributed by atoms with Gasteiger partial charge in [0, 0.05) is 37.8 Å². The molecule has 4 heteroatoms. The van der Waals surface area contributed by atoms with E-state index in [0.29, 0.717) is 6.61 Å². The van der Waals surface area contributed by atoms with Crippen LogP contribution in [0.25, 0.3) is 0 Å². The van der Waals surface area contributed by atoms with Crippen LogP contribution < -0.4 is 0 Å². The summed E-state index contributed by atoms with van der Waals surface area (Å²) >= 11 is 0. The summed E-state index contributed by atoms with van der Waals surface area (Å²) in [6, 6.07) is 0. The standard InChI is InChI=1S/C16H25NO3/c1-19-12-16-8-4-10-20-14(16)7-9-17(11-16)15(18)13-5-2-3-6-13/h5,14H,2-4,6-12H2,1H3. The molecule has 0 aromatic rings. The molecule has 4 nitrogen and oxygen atoms in total. The van der Waals surface area contributed by atoms with E-state index in [0.717, 1.165) is 63.8 Å². The number of methoxy groups -OCH3 is 1. The van der Waals surface area contributed by atoms with Crippen LogP contribution in [0.3, 0.4) is 0 Å². The molecule has 0 radical (unpaired) electrons. The molecular weight excluding hydrogens is 254 g/mol. The van der Waals surface area contributed by atoms with Gasteiger partial charge in [0.15, 0.2) is 0 Å². The lowest BCUT2D eigenvalue weighted by atomic mass is 9.73. The second-order valence-corrected chi connectivity index (χ2v) is 6.40. The molecule has 0 spiro atoms. The number of fused-ring (bicyclic) bond motifs is 1. The first kappa shape index (κ1) is 14.1. The second kappa shape index (κ2) is 5.86. The zero-order valence-electron chi connectivity index (χ0n) is 12.4.